The highest BCUT2D eigenvalue weighted by Gasteiger charge is 2.14. The van der Waals surface area contributed by atoms with Crippen molar-refractivity contribution in [2.24, 2.45) is 0 Å². The molecule has 0 bridgehead atoms. The normalized spacial score (nSPS) is 11.4. The number of hydrogen-bond acceptors (Lipinski definition) is 1. The summed E-state index contributed by atoms with van der Waals surface area (Å²) in [7, 11) is 0. The van der Waals surface area contributed by atoms with Crippen LogP contribution >= 0.6 is 0 Å². The topological polar surface area (TPSA) is 17.0 Å². The van der Waals surface area contributed by atoms with E-state index in [9.17, 15) is 0 Å². The van der Waals surface area contributed by atoms with Gasteiger partial charge in [0.15, 0.2) is 0 Å². The highest BCUT2D eigenvalue weighted by Crippen LogP contribution is 2.36. The van der Waals surface area contributed by atoms with E-state index < -0.39 is 0 Å². The van der Waals surface area contributed by atoms with Crippen molar-refractivity contribution in [2.75, 3.05) is 5.32 Å². The zero-order chi connectivity index (χ0) is 15.8. The minimum Gasteiger partial charge on any atom is -0.382 e. The average molecular weight is 300 g/mol. The number of rotatable bonds is 3. The van der Waals surface area contributed by atoms with Crippen LogP contribution < -0.4 is 5.32 Å². The smallest absolute Gasteiger partial charge is 0.0561 e. The van der Waals surface area contributed by atoms with Crippen molar-refractivity contribution in [2.45, 2.75) is 19.9 Å². The van der Waals surface area contributed by atoms with Crippen molar-refractivity contribution in [3.63, 3.8) is 0 Å². The van der Waals surface area contributed by atoms with Crippen LogP contribution in [0.2, 0.25) is 0 Å². The van der Waals surface area contributed by atoms with Crippen LogP contribution in [0.25, 0.3) is 27.5 Å². The fourth-order valence-corrected chi connectivity index (χ4v) is 3.31. The molecule has 0 spiro atoms. The number of para-hydroxylation sites is 2. The molecule has 4 rings (SSSR count). The number of nitrogens with one attached hydrogen (secondary N) is 1. The molecule has 1 N–H and O–H groups in total. The fraction of sp³-hybridized carbons (Fsp3) is 0.143. The average Bonchev–Trinajstić information content (AvgIpc) is 2.90. The van der Waals surface area contributed by atoms with E-state index in [-0.39, 0.29) is 0 Å². The lowest BCUT2D eigenvalue weighted by Gasteiger charge is -2.12. The van der Waals surface area contributed by atoms with Gasteiger partial charge in [-0.1, -0.05) is 42.5 Å². The third kappa shape index (κ3) is 2.27. The highest BCUT2D eigenvalue weighted by molar-refractivity contribution is 6.14. The van der Waals surface area contributed by atoms with Crippen LogP contribution in [0.4, 0.5) is 5.69 Å². The number of benzene rings is 3. The summed E-state index contributed by atoms with van der Waals surface area (Å²) < 4.78 is 2.34. The molecule has 0 radical (unpaired) electrons. The van der Waals surface area contributed by atoms with Gasteiger partial charge in [0.2, 0.25) is 0 Å². The largest absolute Gasteiger partial charge is 0.382 e. The van der Waals surface area contributed by atoms with Crippen LogP contribution in [0.3, 0.4) is 0 Å². The number of hydrogen-bond donors (Lipinski definition) is 1. The van der Waals surface area contributed by atoms with Crippen molar-refractivity contribution < 1.29 is 0 Å². The standard InChI is InChI=1S/C21H20N2/c1-15(2)22-18-12-8-14-20-21(18)17-11-6-7-13-19(17)23(20)16-9-4-3-5-10-16/h3-15,22H,1-2H3. The van der Waals surface area contributed by atoms with Crippen molar-refractivity contribution in [1.82, 2.24) is 4.57 Å². The molecule has 3 aromatic carbocycles. The lowest BCUT2D eigenvalue weighted by Crippen LogP contribution is -2.09. The zero-order valence-electron chi connectivity index (χ0n) is 13.5. The van der Waals surface area contributed by atoms with E-state index in [0.717, 1.165) is 0 Å². The molecule has 114 valence electrons. The van der Waals surface area contributed by atoms with Gasteiger partial charge in [0.05, 0.1) is 11.0 Å². The predicted octanol–water partition coefficient (Wildman–Crippen LogP) is 5.60. The van der Waals surface area contributed by atoms with E-state index in [2.05, 4.69) is 96.5 Å². The monoisotopic (exact) mass is 300 g/mol. The van der Waals surface area contributed by atoms with Gasteiger partial charge >= 0.3 is 0 Å². The predicted molar refractivity (Wildman–Crippen MR) is 99.5 cm³/mol. The minimum absolute atomic E-state index is 0.402. The minimum atomic E-state index is 0.402. The summed E-state index contributed by atoms with van der Waals surface area (Å²) in [5.74, 6) is 0. The quantitative estimate of drug-likeness (QED) is 0.521. The van der Waals surface area contributed by atoms with Crippen LogP contribution in [-0.2, 0) is 0 Å². The number of aromatic nitrogens is 1. The lowest BCUT2D eigenvalue weighted by molar-refractivity contribution is 0.902. The second-order valence-corrected chi connectivity index (χ2v) is 6.19. The van der Waals surface area contributed by atoms with Gasteiger partial charge in [-0.2, -0.15) is 0 Å². The molecule has 2 heteroatoms. The Bertz CT molecular complexity index is 965. The summed E-state index contributed by atoms with van der Waals surface area (Å²) in [5.41, 5.74) is 4.87. The molecule has 0 fully saturated rings. The Hall–Kier alpha value is -2.74. The maximum Gasteiger partial charge on any atom is 0.0561 e. The van der Waals surface area contributed by atoms with Gasteiger partial charge in [-0.25, -0.2) is 0 Å². The first kappa shape index (κ1) is 13.9. The Balaban J connectivity index is 2.13. The Morgan fingerprint density at radius 2 is 1.43 bits per heavy atom. The van der Waals surface area contributed by atoms with E-state index >= 15 is 0 Å². The molecule has 0 saturated heterocycles. The third-order valence-corrected chi connectivity index (χ3v) is 4.16. The third-order valence-electron chi connectivity index (χ3n) is 4.16. The summed E-state index contributed by atoms with van der Waals surface area (Å²) >= 11 is 0. The maximum atomic E-state index is 3.59. The number of fused-ring (bicyclic) bond motifs is 3. The first-order chi connectivity index (χ1) is 11.3. The molecule has 1 aromatic heterocycles. The second-order valence-electron chi connectivity index (χ2n) is 6.19. The van der Waals surface area contributed by atoms with E-state index in [1.807, 2.05) is 0 Å². The van der Waals surface area contributed by atoms with Crippen molar-refractivity contribution in [3.05, 3.63) is 72.8 Å². The Morgan fingerprint density at radius 3 is 2.22 bits per heavy atom. The van der Waals surface area contributed by atoms with Gasteiger partial charge < -0.3 is 9.88 Å². The van der Waals surface area contributed by atoms with Gasteiger partial charge in [0.25, 0.3) is 0 Å². The molecule has 23 heavy (non-hydrogen) atoms. The zero-order valence-corrected chi connectivity index (χ0v) is 13.5. The molecule has 0 atom stereocenters. The SMILES string of the molecule is CC(C)Nc1cccc2c1c1ccccc1n2-c1ccccc1. The first-order valence-corrected chi connectivity index (χ1v) is 8.10. The van der Waals surface area contributed by atoms with Gasteiger partial charge in [0.1, 0.15) is 0 Å². The molecule has 2 nitrogen and oxygen atoms in total. The second kappa shape index (κ2) is 5.47. The molecular weight excluding hydrogens is 280 g/mol. The molecule has 0 aliphatic heterocycles. The molecule has 0 aliphatic rings. The number of anilines is 1. The molecular formula is C21H20N2. The van der Waals surface area contributed by atoms with Crippen LogP contribution in [0.1, 0.15) is 13.8 Å². The highest BCUT2D eigenvalue weighted by atomic mass is 15.0. The Labute approximate surface area is 136 Å². The molecule has 0 amide bonds. The van der Waals surface area contributed by atoms with Crippen molar-refractivity contribution in [3.8, 4) is 5.69 Å². The summed E-state index contributed by atoms with van der Waals surface area (Å²) in [4.78, 5) is 0. The van der Waals surface area contributed by atoms with E-state index in [4.69, 9.17) is 0 Å². The van der Waals surface area contributed by atoms with Crippen LogP contribution in [-0.4, -0.2) is 10.6 Å². The fourth-order valence-electron chi connectivity index (χ4n) is 3.31. The van der Waals surface area contributed by atoms with Gasteiger partial charge in [0, 0.05) is 28.2 Å². The lowest BCUT2D eigenvalue weighted by atomic mass is 10.1. The summed E-state index contributed by atoms with van der Waals surface area (Å²) in [6, 6.07) is 26.1. The van der Waals surface area contributed by atoms with Crippen LogP contribution in [0.15, 0.2) is 72.8 Å². The van der Waals surface area contributed by atoms with Gasteiger partial charge in [-0.05, 0) is 44.2 Å². The van der Waals surface area contributed by atoms with E-state index in [0.29, 0.717) is 6.04 Å². The molecule has 0 aliphatic carbocycles. The Morgan fingerprint density at radius 1 is 0.739 bits per heavy atom. The summed E-state index contributed by atoms with van der Waals surface area (Å²) in [5, 5.41) is 6.17. The van der Waals surface area contributed by atoms with Crippen LogP contribution in [0, 0.1) is 0 Å². The Kier molecular flexibility index (Phi) is 3.30. The molecule has 4 aromatic rings. The summed E-state index contributed by atoms with van der Waals surface area (Å²) in [6.45, 7) is 4.35. The summed E-state index contributed by atoms with van der Waals surface area (Å²) in [6.07, 6.45) is 0. The van der Waals surface area contributed by atoms with E-state index in [1.54, 1.807) is 0 Å². The van der Waals surface area contributed by atoms with Crippen molar-refractivity contribution in [1.29, 1.82) is 0 Å². The van der Waals surface area contributed by atoms with E-state index in [1.165, 1.54) is 33.2 Å². The number of nitrogens with zero attached hydrogens (tertiary/aromatic N) is 1. The van der Waals surface area contributed by atoms with Crippen molar-refractivity contribution >= 4 is 27.5 Å². The molecule has 0 saturated carbocycles. The van der Waals surface area contributed by atoms with Gasteiger partial charge in [-0.15, -0.1) is 0 Å². The first-order valence-electron chi connectivity index (χ1n) is 8.10. The molecule has 0 unspecified atom stereocenters. The van der Waals surface area contributed by atoms with Gasteiger partial charge in [-0.3, -0.25) is 0 Å². The maximum absolute atomic E-state index is 3.59. The molecule has 1 heterocycles. The van der Waals surface area contributed by atoms with Crippen LogP contribution in [0.5, 0.6) is 0 Å².